The van der Waals surface area contributed by atoms with Crippen molar-refractivity contribution in [1.82, 2.24) is 19.5 Å². The van der Waals surface area contributed by atoms with Crippen molar-refractivity contribution in [2.24, 2.45) is 4.99 Å². The largest absolute Gasteiger partial charge is 0.485 e. The van der Waals surface area contributed by atoms with E-state index in [1.54, 1.807) is 50.7 Å². The molecule has 38 heavy (non-hydrogen) atoms. The molecule has 3 heterocycles. The van der Waals surface area contributed by atoms with Crippen LogP contribution in [-0.2, 0) is 13.0 Å². The van der Waals surface area contributed by atoms with E-state index in [1.807, 2.05) is 6.92 Å². The van der Waals surface area contributed by atoms with Crippen molar-refractivity contribution < 1.29 is 18.6 Å². The zero-order valence-corrected chi connectivity index (χ0v) is 21.8. The van der Waals surface area contributed by atoms with Gasteiger partial charge in [-0.1, -0.05) is 17.7 Å². The van der Waals surface area contributed by atoms with E-state index >= 15 is 0 Å². The maximum absolute atomic E-state index is 13.8. The molecule has 0 radical (unpaired) electrons. The van der Waals surface area contributed by atoms with Gasteiger partial charge in [-0.2, -0.15) is 0 Å². The first-order chi connectivity index (χ1) is 18.1. The summed E-state index contributed by atoms with van der Waals surface area (Å²) < 4.78 is 33.8. The van der Waals surface area contributed by atoms with Crippen LogP contribution in [0.25, 0.3) is 11.9 Å². The lowest BCUT2D eigenvalue weighted by Crippen LogP contribution is -2.20. The minimum atomic E-state index is -0.858. The molecule has 0 saturated heterocycles. The van der Waals surface area contributed by atoms with Crippen molar-refractivity contribution >= 4 is 29.7 Å². The number of aliphatic imine (C=N–C) groups is 1. The molecule has 4 rings (SSSR count). The Morgan fingerprint density at radius 2 is 2.08 bits per heavy atom. The van der Waals surface area contributed by atoms with E-state index in [-0.39, 0.29) is 23.1 Å². The van der Waals surface area contributed by atoms with Gasteiger partial charge in [0.15, 0.2) is 5.82 Å². The molecule has 3 aromatic heterocycles. The fourth-order valence-corrected chi connectivity index (χ4v) is 3.79. The first-order valence-corrected chi connectivity index (χ1v) is 12.2. The zero-order valence-electron chi connectivity index (χ0n) is 21.1. The van der Waals surface area contributed by atoms with Crippen LogP contribution in [0, 0.1) is 18.6 Å². The van der Waals surface area contributed by atoms with Crippen molar-refractivity contribution in [3.05, 3.63) is 92.2 Å². The lowest BCUT2D eigenvalue weighted by molar-refractivity contribution is 0.148. The molecule has 8 nitrogen and oxygen atoms in total. The van der Waals surface area contributed by atoms with E-state index in [2.05, 4.69) is 19.9 Å². The summed E-state index contributed by atoms with van der Waals surface area (Å²) in [7, 11) is 0. The van der Waals surface area contributed by atoms with Gasteiger partial charge in [0.2, 0.25) is 0 Å². The van der Waals surface area contributed by atoms with Crippen LogP contribution in [0.5, 0.6) is 5.75 Å². The summed E-state index contributed by atoms with van der Waals surface area (Å²) in [5, 5.41) is 9.97. The Morgan fingerprint density at radius 1 is 1.32 bits per heavy atom. The lowest BCUT2D eigenvalue weighted by atomic mass is 10.2. The molecular formula is C27H26ClF2N5O3. The third kappa shape index (κ3) is 6.56. The number of rotatable bonds is 9. The number of hydrogen-bond donors (Lipinski definition) is 1. The molecule has 1 fully saturated rings. The van der Waals surface area contributed by atoms with Gasteiger partial charge in [0, 0.05) is 42.9 Å². The van der Waals surface area contributed by atoms with Crippen LogP contribution >= 0.6 is 11.6 Å². The van der Waals surface area contributed by atoms with Gasteiger partial charge >= 0.3 is 0 Å². The van der Waals surface area contributed by atoms with E-state index in [4.69, 9.17) is 16.3 Å². The SMILES string of the molecule is C\C=C(/N=C\C(C)=C\n1c(C)cc(OCc2ncc(F)cc2F)c(Cl)c1=O)c1ccnc(CC2(O)CC2)n1. The molecule has 0 spiro atoms. The van der Waals surface area contributed by atoms with Gasteiger partial charge in [-0.25, -0.2) is 18.7 Å². The van der Waals surface area contributed by atoms with Crippen molar-refractivity contribution in [3.63, 3.8) is 0 Å². The minimum Gasteiger partial charge on any atom is -0.485 e. The van der Waals surface area contributed by atoms with E-state index in [1.165, 1.54) is 4.57 Å². The maximum Gasteiger partial charge on any atom is 0.277 e. The molecule has 3 aromatic rings. The molecule has 198 valence electrons. The number of aryl methyl sites for hydroxylation is 1. The monoisotopic (exact) mass is 541 g/mol. The molecule has 0 bridgehead atoms. The smallest absolute Gasteiger partial charge is 0.277 e. The third-order valence-electron chi connectivity index (χ3n) is 5.89. The first-order valence-electron chi connectivity index (χ1n) is 11.9. The van der Waals surface area contributed by atoms with Gasteiger partial charge in [0.25, 0.3) is 5.56 Å². The first kappa shape index (κ1) is 27.3. The van der Waals surface area contributed by atoms with Crippen LogP contribution in [0.4, 0.5) is 8.78 Å². The average Bonchev–Trinajstić information content (AvgIpc) is 3.60. The summed E-state index contributed by atoms with van der Waals surface area (Å²) in [5.41, 5.74) is 1.05. The van der Waals surface area contributed by atoms with Gasteiger partial charge in [-0.3, -0.25) is 19.3 Å². The number of aromatic nitrogens is 4. The third-order valence-corrected chi connectivity index (χ3v) is 6.23. The van der Waals surface area contributed by atoms with Crippen LogP contribution in [0.3, 0.4) is 0 Å². The second kappa shape index (κ2) is 11.3. The predicted octanol–water partition coefficient (Wildman–Crippen LogP) is 4.91. The van der Waals surface area contributed by atoms with Crippen molar-refractivity contribution in [2.75, 3.05) is 0 Å². The number of nitrogens with zero attached hydrogens (tertiary/aromatic N) is 5. The maximum atomic E-state index is 13.8. The molecule has 0 aromatic carbocycles. The van der Waals surface area contributed by atoms with Gasteiger partial charge in [0.1, 0.15) is 34.7 Å². The molecule has 11 heteroatoms. The highest BCUT2D eigenvalue weighted by molar-refractivity contribution is 6.31. The Kier molecular flexibility index (Phi) is 8.13. The molecule has 1 aliphatic carbocycles. The van der Waals surface area contributed by atoms with Crippen molar-refractivity contribution in [1.29, 1.82) is 0 Å². The van der Waals surface area contributed by atoms with Crippen molar-refractivity contribution in [2.45, 2.75) is 52.2 Å². The number of halogens is 3. The number of aliphatic hydroxyl groups is 1. The zero-order chi connectivity index (χ0) is 27.4. The quantitative estimate of drug-likeness (QED) is 0.386. The second-order valence-corrected chi connectivity index (χ2v) is 9.45. The van der Waals surface area contributed by atoms with Gasteiger partial charge < -0.3 is 9.84 Å². The number of pyridine rings is 2. The summed E-state index contributed by atoms with van der Waals surface area (Å²) in [5.74, 6) is -1.04. The Bertz CT molecular complexity index is 1510. The van der Waals surface area contributed by atoms with Crippen LogP contribution < -0.4 is 10.3 Å². The average molecular weight is 542 g/mol. The Balaban J connectivity index is 1.50. The summed E-state index contributed by atoms with van der Waals surface area (Å²) in [4.78, 5) is 29.9. The van der Waals surface area contributed by atoms with Gasteiger partial charge in [-0.15, -0.1) is 0 Å². The molecule has 1 saturated carbocycles. The predicted molar refractivity (Wildman–Crippen MR) is 141 cm³/mol. The van der Waals surface area contributed by atoms with Crippen LogP contribution in [0.15, 0.2) is 52.0 Å². The number of hydrogen-bond acceptors (Lipinski definition) is 7. The summed E-state index contributed by atoms with van der Waals surface area (Å²) in [6.45, 7) is 4.97. The second-order valence-electron chi connectivity index (χ2n) is 9.07. The highest BCUT2D eigenvalue weighted by Gasteiger charge is 2.41. The normalized spacial score (nSPS) is 15.2. The summed E-state index contributed by atoms with van der Waals surface area (Å²) in [6.07, 6.45) is 9.40. The summed E-state index contributed by atoms with van der Waals surface area (Å²) in [6, 6.07) is 3.99. The summed E-state index contributed by atoms with van der Waals surface area (Å²) >= 11 is 6.24. The highest BCUT2D eigenvalue weighted by Crippen LogP contribution is 2.37. The van der Waals surface area contributed by atoms with Gasteiger partial charge in [-0.05, 0) is 45.3 Å². The molecule has 0 aliphatic heterocycles. The van der Waals surface area contributed by atoms with Crippen LogP contribution in [0.1, 0.15) is 49.6 Å². The van der Waals surface area contributed by atoms with E-state index < -0.39 is 22.8 Å². The van der Waals surface area contributed by atoms with Crippen molar-refractivity contribution in [3.8, 4) is 5.75 Å². The molecule has 1 aliphatic rings. The molecule has 0 unspecified atom stereocenters. The molecule has 1 N–H and O–H groups in total. The van der Waals surface area contributed by atoms with Gasteiger partial charge in [0.05, 0.1) is 23.2 Å². The topological polar surface area (TPSA) is 102 Å². The number of allylic oxidation sites excluding steroid dienone is 2. The standard InChI is InChI=1S/C27H26ClF2N5O3/c1-4-20(21-5-8-31-24(34-21)11-27(37)6-7-27)32-12-16(2)14-35-17(3)9-23(25(28)26(35)36)38-15-22-19(30)10-18(29)13-33-22/h4-5,8-10,12-14,37H,6-7,11,15H2,1-3H3/b16-14+,20-4-,32-12-. The number of ether oxygens (including phenoxy) is 1. The fraction of sp³-hybridized carbons (Fsp3) is 0.296. The Labute approximate surface area is 223 Å². The molecule has 0 atom stereocenters. The minimum absolute atomic E-state index is 0.0577. The molecular weight excluding hydrogens is 516 g/mol. The highest BCUT2D eigenvalue weighted by atomic mass is 35.5. The lowest BCUT2D eigenvalue weighted by Gasteiger charge is -2.12. The van der Waals surface area contributed by atoms with E-state index in [0.717, 1.165) is 19.0 Å². The molecule has 0 amide bonds. The Hall–Kier alpha value is -3.76. The van der Waals surface area contributed by atoms with E-state index in [0.29, 0.717) is 41.0 Å². The van der Waals surface area contributed by atoms with E-state index in [9.17, 15) is 18.7 Å². The van der Waals surface area contributed by atoms with Crippen LogP contribution in [0.2, 0.25) is 5.02 Å². The van der Waals surface area contributed by atoms with Crippen LogP contribution in [-0.4, -0.2) is 36.4 Å². The fourth-order valence-electron chi connectivity index (χ4n) is 3.59. The Morgan fingerprint density at radius 3 is 2.76 bits per heavy atom.